The van der Waals surface area contributed by atoms with Gasteiger partial charge in [0.2, 0.25) is 0 Å². The Morgan fingerprint density at radius 3 is 2.62 bits per heavy atom. The van der Waals surface area contributed by atoms with Gasteiger partial charge in [-0.2, -0.15) is 18.4 Å². The number of carbonyl (C=O) groups is 1. The number of halogens is 5. The van der Waals surface area contributed by atoms with E-state index in [0.29, 0.717) is 4.47 Å². The Balaban J connectivity index is 2.32. The predicted molar refractivity (Wildman–Crippen MR) is 94.5 cm³/mol. The van der Waals surface area contributed by atoms with E-state index in [0.717, 1.165) is 24.3 Å². The van der Waals surface area contributed by atoms with Crippen LogP contribution < -0.4 is 5.32 Å². The normalized spacial score (nSPS) is 11.8. The molecule has 1 amide bonds. The van der Waals surface area contributed by atoms with Gasteiger partial charge in [-0.15, -0.1) is 0 Å². The highest BCUT2D eigenvalue weighted by atomic mass is 79.9. The van der Waals surface area contributed by atoms with Crippen molar-refractivity contribution in [2.24, 2.45) is 0 Å². The van der Waals surface area contributed by atoms with E-state index in [2.05, 4.69) is 21.2 Å². The SMILES string of the molecule is N#C/C(=C\c1cc(Br)cc(Cl)c1O)C(=O)Nc1cccc(C(F)(F)F)c1. The smallest absolute Gasteiger partial charge is 0.416 e. The van der Waals surface area contributed by atoms with Gasteiger partial charge in [-0.05, 0) is 36.4 Å². The molecule has 2 rings (SSSR count). The molecule has 134 valence electrons. The molecule has 0 saturated carbocycles. The number of phenolic OH excluding ortho intramolecular Hbond substituents is 1. The topological polar surface area (TPSA) is 73.1 Å². The molecule has 0 unspecified atom stereocenters. The van der Waals surface area contributed by atoms with Gasteiger partial charge < -0.3 is 10.4 Å². The molecule has 2 aromatic rings. The van der Waals surface area contributed by atoms with E-state index in [9.17, 15) is 23.1 Å². The number of nitriles is 1. The van der Waals surface area contributed by atoms with Gasteiger partial charge >= 0.3 is 6.18 Å². The zero-order valence-corrected chi connectivity index (χ0v) is 15.1. The molecule has 0 aliphatic carbocycles. The number of amides is 1. The molecule has 0 heterocycles. The number of nitrogens with one attached hydrogen (secondary N) is 1. The van der Waals surface area contributed by atoms with Crippen LogP contribution in [0.3, 0.4) is 0 Å². The van der Waals surface area contributed by atoms with Gasteiger partial charge in [-0.25, -0.2) is 0 Å². The number of anilines is 1. The first-order chi connectivity index (χ1) is 12.1. The van der Waals surface area contributed by atoms with Crippen molar-refractivity contribution in [2.75, 3.05) is 5.32 Å². The summed E-state index contributed by atoms with van der Waals surface area (Å²) >= 11 is 8.98. The number of hydrogen-bond acceptors (Lipinski definition) is 3. The Hall–Kier alpha value is -2.50. The van der Waals surface area contributed by atoms with E-state index in [-0.39, 0.29) is 22.0 Å². The van der Waals surface area contributed by atoms with Crippen molar-refractivity contribution in [1.29, 1.82) is 5.26 Å². The molecule has 0 saturated heterocycles. The zero-order valence-electron chi connectivity index (χ0n) is 12.7. The number of phenols is 1. The number of alkyl halides is 3. The van der Waals surface area contributed by atoms with E-state index in [4.69, 9.17) is 16.9 Å². The van der Waals surface area contributed by atoms with Gasteiger partial charge in [0.05, 0.1) is 10.6 Å². The van der Waals surface area contributed by atoms with Crippen molar-refractivity contribution < 1.29 is 23.1 Å². The lowest BCUT2D eigenvalue weighted by atomic mass is 10.1. The summed E-state index contributed by atoms with van der Waals surface area (Å²) in [6, 6.07) is 8.49. The monoisotopic (exact) mass is 444 g/mol. The third kappa shape index (κ3) is 4.77. The number of benzene rings is 2. The molecule has 0 aliphatic heterocycles. The Labute approximate surface area is 159 Å². The second-order valence-electron chi connectivity index (χ2n) is 5.03. The van der Waals surface area contributed by atoms with Crippen molar-refractivity contribution in [2.45, 2.75) is 6.18 Å². The van der Waals surface area contributed by atoms with Crippen LogP contribution >= 0.6 is 27.5 Å². The van der Waals surface area contributed by atoms with Gasteiger partial charge in [0, 0.05) is 15.7 Å². The molecular formula is C17H9BrClF3N2O2. The molecule has 0 aliphatic rings. The van der Waals surface area contributed by atoms with Crippen LogP contribution in [0, 0.1) is 11.3 Å². The Morgan fingerprint density at radius 1 is 1.31 bits per heavy atom. The third-order valence-corrected chi connectivity index (χ3v) is 3.92. The van der Waals surface area contributed by atoms with Crippen LogP contribution in [-0.4, -0.2) is 11.0 Å². The van der Waals surface area contributed by atoms with Gasteiger partial charge in [-0.1, -0.05) is 33.6 Å². The second-order valence-corrected chi connectivity index (χ2v) is 6.35. The van der Waals surface area contributed by atoms with Crippen LogP contribution in [0.4, 0.5) is 18.9 Å². The maximum atomic E-state index is 12.7. The summed E-state index contributed by atoms with van der Waals surface area (Å²) < 4.78 is 38.7. The highest BCUT2D eigenvalue weighted by Crippen LogP contribution is 2.33. The number of nitrogens with zero attached hydrogens (tertiary/aromatic N) is 1. The van der Waals surface area contributed by atoms with E-state index in [1.807, 2.05) is 0 Å². The molecule has 0 atom stereocenters. The minimum atomic E-state index is -4.56. The second kappa shape index (κ2) is 7.81. The number of rotatable bonds is 3. The van der Waals surface area contributed by atoms with Crippen molar-refractivity contribution in [1.82, 2.24) is 0 Å². The fourth-order valence-electron chi connectivity index (χ4n) is 1.97. The van der Waals surface area contributed by atoms with E-state index >= 15 is 0 Å². The molecule has 2 aromatic carbocycles. The van der Waals surface area contributed by atoms with Crippen molar-refractivity contribution in [3.8, 4) is 11.8 Å². The minimum absolute atomic E-state index is 0.00111. The Morgan fingerprint density at radius 2 is 2.00 bits per heavy atom. The number of hydrogen-bond donors (Lipinski definition) is 2. The average molecular weight is 446 g/mol. The van der Waals surface area contributed by atoms with Gasteiger partial charge in [0.15, 0.2) is 0 Å². The maximum absolute atomic E-state index is 12.7. The molecule has 26 heavy (non-hydrogen) atoms. The summed E-state index contributed by atoms with van der Waals surface area (Å²) in [5, 5.41) is 21.3. The summed E-state index contributed by atoms with van der Waals surface area (Å²) in [5.74, 6) is -1.27. The zero-order chi connectivity index (χ0) is 19.5. The number of carbonyl (C=O) groups excluding carboxylic acids is 1. The van der Waals surface area contributed by atoms with Crippen LogP contribution in [0.25, 0.3) is 6.08 Å². The van der Waals surface area contributed by atoms with Gasteiger partial charge in [0.25, 0.3) is 5.91 Å². The fourth-order valence-corrected chi connectivity index (χ4v) is 2.81. The first kappa shape index (κ1) is 19.8. The van der Waals surface area contributed by atoms with Crippen LogP contribution in [0.15, 0.2) is 46.4 Å². The van der Waals surface area contributed by atoms with Crippen molar-refractivity contribution in [3.63, 3.8) is 0 Å². The van der Waals surface area contributed by atoms with Crippen molar-refractivity contribution >= 4 is 45.2 Å². The molecule has 0 fully saturated rings. The molecular weight excluding hydrogens is 437 g/mol. The number of aromatic hydroxyl groups is 1. The summed E-state index contributed by atoms with van der Waals surface area (Å²) in [5.41, 5.74) is -1.39. The molecule has 2 N–H and O–H groups in total. The summed E-state index contributed by atoms with van der Waals surface area (Å²) in [4.78, 5) is 12.2. The molecule has 4 nitrogen and oxygen atoms in total. The van der Waals surface area contributed by atoms with Gasteiger partial charge in [-0.3, -0.25) is 4.79 Å². The molecule has 0 bridgehead atoms. The standard InChI is InChI=1S/C17H9BrClF3N2O2/c18-12-5-9(15(25)14(19)7-12)4-10(8-23)16(26)24-13-3-1-2-11(6-13)17(20,21)22/h1-7,25H,(H,24,26)/b10-4+. The summed E-state index contributed by atoms with van der Waals surface area (Å²) in [7, 11) is 0. The van der Waals surface area contributed by atoms with Gasteiger partial charge in [0.1, 0.15) is 17.4 Å². The lowest BCUT2D eigenvalue weighted by Gasteiger charge is -2.10. The Bertz CT molecular complexity index is 937. The lowest BCUT2D eigenvalue weighted by Crippen LogP contribution is -2.14. The first-order valence-corrected chi connectivity index (χ1v) is 8.07. The van der Waals surface area contributed by atoms with E-state index < -0.39 is 23.2 Å². The first-order valence-electron chi connectivity index (χ1n) is 6.90. The molecule has 9 heteroatoms. The largest absolute Gasteiger partial charge is 0.506 e. The summed E-state index contributed by atoms with van der Waals surface area (Å²) in [6.45, 7) is 0. The van der Waals surface area contributed by atoms with E-state index in [1.54, 1.807) is 6.07 Å². The minimum Gasteiger partial charge on any atom is -0.506 e. The molecule has 0 spiro atoms. The van der Waals surface area contributed by atoms with E-state index in [1.165, 1.54) is 18.2 Å². The van der Waals surface area contributed by atoms with Crippen molar-refractivity contribution in [3.05, 3.63) is 62.6 Å². The molecule has 0 radical (unpaired) electrons. The highest BCUT2D eigenvalue weighted by molar-refractivity contribution is 9.10. The maximum Gasteiger partial charge on any atom is 0.416 e. The predicted octanol–water partition coefficient (Wildman–Crippen LogP) is 5.37. The Kier molecular flexibility index (Phi) is 5.95. The lowest BCUT2D eigenvalue weighted by molar-refractivity contribution is -0.137. The van der Waals surface area contributed by atoms with Crippen LogP contribution in [0.1, 0.15) is 11.1 Å². The van der Waals surface area contributed by atoms with Crippen LogP contribution in [-0.2, 0) is 11.0 Å². The van der Waals surface area contributed by atoms with Crippen LogP contribution in [0.5, 0.6) is 5.75 Å². The summed E-state index contributed by atoms with van der Waals surface area (Å²) in [6.07, 6.45) is -3.48. The molecule has 0 aromatic heterocycles. The highest BCUT2D eigenvalue weighted by Gasteiger charge is 2.30. The fraction of sp³-hybridized carbons (Fsp3) is 0.0588. The quantitative estimate of drug-likeness (QED) is 0.493. The third-order valence-electron chi connectivity index (χ3n) is 3.17. The van der Waals surface area contributed by atoms with Crippen LogP contribution in [0.2, 0.25) is 5.02 Å². The average Bonchev–Trinajstić information content (AvgIpc) is 2.56.